The van der Waals surface area contributed by atoms with Crippen LogP contribution in [0.2, 0.25) is 0 Å². The number of hydrogen-bond donors (Lipinski definition) is 3. The van der Waals surface area contributed by atoms with E-state index in [9.17, 15) is 19.7 Å². The van der Waals surface area contributed by atoms with E-state index in [0.717, 1.165) is 25.7 Å². The molecule has 2 aromatic rings. The lowest BCUT2D eigenvalue weighted by molar-refractivity contribution is -0.384. The Kier molecular flexibility index (Phi) is 7.20. The fourth-order valence-corrected chi connectivity index (χ4v) is 3.34. The van der Waals surface area contributed by atoms with Gasteiger partial charge in [-0.3, -0.25) is 20.3 Å². The topological polar surface area (TPSA) is 123 Å². The summed E-state index contributed by atoms with van der Waals surface area (Å²) in [6, 6.07) is 13.8. The van der Waals surface area contributed by atoms with E-state index >= 15 is 0 Å². The Morgan fingerprint density at radius 3 is 2.27 bits per heavy atom. The highest BCUT2D eigenvalue weighted by Gasteiger charge is 2.24. The number of nitro groups is 1. The van der Waals surface area contributed by atoms with Crippen LogP contribution in [0.1, 0.15) is 43.8 Å². The Morgan fingerprint density at radius 1 is 0.967 bits per heavy atom. The number of amides is 3. The molecule has 3 amide bonds. The molecule has 158 valence electrons. The van der Waals surface area contributed by atoms with Gasteiger partial charge in [0, 0.05) is 23.7 Å². The standard InChI is InChI=1S/C21H24N4O5/c26-20(23-24-21(27)22-16-9-5-2-6-10-16)19(15-7-3-1-4-8-15)30-18-13-11-17(12-14-18)25(28)29/h1,3-4,7-8,11-14,16,19H,2,5-6,9-10H2,(H,23,26)(H2,22,24,27). The van der Waals surface area contributed by atoms with Crippen molar-refractivity contribution >= 4 is 17.6 Å². The van der Waals surface area contributed by atoms with Crippen LogP contribution in [-0.4, -0.2) is 22.9 Å². The highest BCUT2D eigenvalue weighted by Crippen LogP contribution is 2.24. The molecule has 0 aliphatic heterocycles. The Morgan fingerprint density at radius 2 is 1.63 bits per heavy atom. The molecular weight excluding hydrogens is 388 g/mol. The third-order valence-corrected chi connectivity index (χ3v) is 4.88. The zero-order chi connectivity index (χ0) is 21.3. The zero-order valence-electron chi connectivity index (χ0n) is 16.4. The lowest BCUT2D eigenvalue weighted by Crippen LogP contribution is -2.51. The molecule has 0 radical (unpaired) electrons. The van der Waals surface area contributed by atoms with Crippen LogP contribution in [0.4, 0.5) is 10.5 Å². The fraction of sp³-hybridized carbons (Fsp3) is 0.333. The van der Waals surface area contributed by atoms with Crippen LogP contribution in [0.15, 0.2) is 54.6 Å². The number of nitrogens with zero attached hydrogens (tertiary/aromatic N) is 1. The first-order chi connectivity index (χ1) is 14.5. The minimum atomic E-state index is -1.05. The van der Waals surface area contributed by atoms with Crippen molar-refractivity contribution < 1.29 is 19.2 Å². The smallest absolute Gasteiger partial charge is 0.333 e. The number of rotatable bonds is 6. The summed E-state index contributed by atoms with van der Waals surface area (Å²) in [4.78, 5) is 35.1. The fourth-order valence-electron chi connectivity index (χ4n) is 3.34. The molecule has 9 nitrogen and oxygen atoms in total. The van der Waals surface area contributed by atoms with Crippen molar-refractivity contribution in [3.63, 3.8) is 0 Å². The minimum Gasteiger partial charge on any atom is -0.476 e. The average molecular weight is 412 g/mol. The summed E-state index contributed by atoms with van der Waals surface area (Å²) in [5, 5.41) is 13.7. The van der Waals surface area contributed by atoms with Gasteiger partial charge in [-0.05, 0) is 25.0 Å². The predicted octanol–water partition coefficient (Wildman–Crippen LogP) is 3.38. The maximum absolute atomic E-state index is 12.7. The summed E-state index contributed by atoms with van der Waals surface area (Å²) >= 11 is 0. The van der Waals surface area contributed by atoms with Gasteiger partial charge in [-0.25, -0.2) is 10.2 Å². The number of ether oxygens (including phenoxy) is 1. The van der Waals surface area contributed by atoms with Gasteiger partial charge < -0.3 is 10.1 Å². The highest BCUT2D eigenvalue weighted by atomic mass is 16.6. The molecule has 1 saturated carbocycles. The van der Waals surface area contributed by atoms with Crippen molar-refractivity contribution in [3.8, 4) is 5.75 Å². The third kappa shape index (κ3) is 5.94. The number of urea groups is 1. The number of benzene rings is 2. The second-order valence-electron chi connectivity index (χ2n) is 7.08. The molecule has 1 atom stereocenters. The van der Waals surface area contributed by atoms with Gasteiger partial charge in [0.05, 0.1) is 4.92 Å². The number of carbonyl (C=O) groups is 2. The van der Waals surface area contributed by atoms with Gasteiger partial charge >= 0.3 is 6.03 Å². The molecule has 30 heavy (non-hydrogen) atoms. The zero-order valence-corrected chi connectivity index (χ0v) is 16.4. The lowest BCUT2D eigenvalue weighted by Gasteiger charge is -2.23. The van der Waals surface area contributed by atoms with E-state index in [2.05, 4.69) is 16.2 Å². The summed E-state index contributed by atoms with van der Waals surface area (Å²) in [6.07, 6.45) is 4.14. The first-order valence-electron chi connectivity index (χ1n) is 9.85. The summed E-state index contributed by atoms with van der Waals surface area (Å²) in [7, 11) is 0. The Hall–Kier alpha value is -3.62. The molecule has 9 heteroatoms. The van der Waals surface area contributed by atoms with Crippen molar-refractivity contribution in [1.82, 2.24) is 16.2 Å². The molecule has 0 saturated heterocycles. The Labute approximate surface area is 173 Å². The van der Waals surface area contributed by atoms with Crippen LogP contribution in [-0.2, 0) is 4.79 Å². The first kappa shape index (κ1) is 21.1. The molecule has 0 aromatic heterocycles. The third-order valence-electron chi connectivity index (χ3n) is 4.88. The number of hydrogen-bond acceptors (Lipinski definition) is 5. The maximum Gasteiger partial charge on any atom is 0.333 e. The van der Waals surface area contributed by atoms with Crippen molar-refractivity contribution in [2.45, 2.75) is 44.2 Å². The van der Waals surface area contributed by atoms with Gasteiger partial charge in [0.15, 0.2) is 0 Å². The molecule has 1 aliphatic rings. The molecule has 1 unspecified atom stereocenters. The maximum atomic E-state index is 12.7. The summed E-state index contributed by atoms with van der Waals surface area (Å²) in [5.41, 5.74) is 5.25. The van der Waals surface area contributed by atoms with Gasteiger partial charge in [0.1, 0.15) is 5.75 Å². The van der Waals surface area contributed by atoms with Gasteiger partial charge in [-0.2, -0.15) is 0 Å². The average Bonchev–Trinajstić information content (AvgIpc) is 2.77. The summed E-state index contributed by atoms with van der Waals surface area (Å²) in [5.74, 6) is -0.283. The Bertz CT molecular complexity index is 867. The quantitative estimate of drug-likeness (QED) is 0.496. The molecule has 1 aliphatic carbocycles. The molecule has 3 N–H and O–H groups in total. The minimum absolute atomic E-state index is 0.0795. The summed E-state index contributed by atoms with van der Waals surface area (Å²) in [6.45, 7) is 0. The molecule has 0 spiro atoms. The molecular formula is C21H24N4O5. The normalized spacial score (nSPS) is 14.9. The number of nitro benzene ring substituents is 1. The van der Waals surface area contributed by atoms with Crippen LogP contribution in [0, 0.1) is 10.1 Å². The van der Waals surface area contributed by atoms with Crippen molar-refractivity contribution in [2.24, 2.45) is 0 Å². The van der Waals surface area contributed by atoms with Crippen molar-refractivity contribution in [1.29, 1.82) is 0 Å². The highest BCUT2D eigenvalue weighted by molar-refractivity contribution is 5.85. The predicted molar refractivity (Wildman–Crippen MR) is 110 cm³/mol. The molecule has 0 heterocycles. The van der Waals surface area contributed by atoms with Crippen LogP contribution in [0.5, 0.6) is 5.75 Å². The van der Waals surface area contributed by atoms with E-state index < -0.39 is 23.0 Å². The molecule has 3 rings (SSSR count). The van der Waals surface area contributed by atoms with Crippen LogP contribution < -0.4 is 20.9 Å². The van der Waals surface area contributed by atoms with Crippen LogP contribution >= 0.6 is 0 Å². The van der Waals surface area contributed by atoms with Crippen LogP contribution in [0.25, 0.3) is 0 Å². The lowest BCUT2D eigenvalue weighted by atomic mass is 9.96. The second kappa shape index (κ2) is 10.2. The number of nitrogens with one attached hydrogen (secondary N) is 3. The number of non-ortho nitro benzene ring substituents is 1. The number of hydrazine groups is 1. The second-order valence-corrected chi connectivity index (χ2v) is 7.08. The Balaban J connectivity index is 1.63. The van der Waals surface area contributed by atoms with E-state index in [-0.39, 0.29) is 17.5 Å². The first-order valence-corrected chi connectivity index (χ1v) is 9.85. The van der Waals surface area contributed by atoms with E-state index in [0.29, 0.717) is 5.56 Å². The van der Waals surface area contributed by atoms with Crippen molar-refractivity contribution in [3.05, 3.63) is 70.3 Å². The monoisotopic (exact) mass is 412 g/mol. The molecule has 2 aromatic carbocycles. The van der Waals surface area contributed by atoms with Crippen molar-refractivity contribution in [2.75, 3.05) is 0 Å². The SMILES string of the molecule is O=C(NNC(=O)C(Oc1ccc([N+](=O)[O-])cc1)c1ccccc1)NC1CCCCC1. The van der Waals surface area contributed by atoms with Gasteiger partial charge in [-0.1, -0.05) is 49.6 Å². The van der Waals surface area contributed by atoms with Gasteiger partial charge in [0.25, 0.3) is 11.6 Å². The van der Waals surface area contributed by atoms with E-state index in [1.165, 1.54) is 30.7 Å². The van der Waals surface area contributed by atoms with E-state index in [1.54, 1.807) is 30.3 Å². The molecule has 1 fully saturated rings. The number of carbonyl (C=O) groups excluding carboxylic acids is 2. The van der Waals surface area contributed by atoms with E-state index in [4.69, 9.17) is 4.74 Å². The van der Waals surface area contributed by atoms with Gasteiger partial charge in [-0.15, -0.1) is 0 Å². The molecule has 0 bridgehead atoms. The van der Waals surface area contributed by atoms with E-state index in [1.807, 2.05) is 0 Å². The van der Waals surface area contributed by atoms with Gasteiger partial charge in [0.2, 0.25) is 6.10 Å². The van der Waals surface area contributed by atoms with Crippen LogP contribution in [0.3, 0.4) is 0 Å². The summed E-state index contributed by atoms with van der Waals surface area (Å²) < 4.78 is 5.77. The largest absolute Gasteiger partial charge is 0.476 e.